The Balaban J connectivity index is 1.20. The molecule has 0 radical (unpaired) electrons. The molecule has 2 atom stereocenters. The lowest BCUT2D eigenvalue weighted by Gasteiger charge is -2.48. The van der Waals surface area contributed by atoms with Crippen LogP contribution in [-0.4, -0.2) is 46.7 Å². The lowest BCUT2D eigenvalue weighted by atomic mass is 9.76. The molecular weight excluding hydrogens is 548 g/mol. The number of aromatic amines is 1. The van der Waals surface area contributed by atoms with E-state index in [1.54, 1.807) is 25.5 Å². The number of H-pyrrole nitrogens is 1. The maximum Gasteiger partial charge on any atom is 0.264 e. The number of aliphatic hydroxyl groups is 1. The highest BCUT2D eigenvalue weighted by atomic mass is 16.6. The first kappa shape index (κ1) is 28.1. The van der Waals surface area contributed by atoms with E-state index < -0.39 is 17.3 Å². The Morgan fingerprint density at radius 1 is 0.977 bits per heavy atom. The third-order valence-corrected chi connectivity index (χ3v) is 7.85. The fourth-order valence-electron chi connectivity index (χ4n) is 4.97. The Morgan fingerprint density at radius 2 is 1.77 bits per heavy atom. The normalized spacial score (nSPS) is 18.8. The summed E-state index contributed by atoms with van der Waals surface area (Å²) in [5.41, 5.74) is 0.772. The molecule has 0 bridgehead atoms. The van der Waals surface area contributed by atoms with Crippen molar-refractivity contribution in [2.24, 2.45) is 0 Å². The van der Waals surface area contributed by atoms with Crippen LogP contribution >= 0.6 is 0 Å². The van der Waals surface area contributed by atoms with Gasteiger partial charge in [0.05, 0.1) is 0 Å². The number of rotatable bonds is 9. The molecule has 0 saturated carbocycles. The first-order valence-corrected chi connectivity index (χ1v) is 14.0. The third kappa shape index (κ3) is 5.84. The summed E-state index contributed by atoms with van der Waals surface area (Å²) >= 11 is 0. The minimum atomic E-state index is -1.46. The maximum atomic E-state index is 11.6. The molecule has 0 unspecified atom stereocenters. The van der Waals surface area contributed by atoms with Gasteiger partial charge in [-0.15, -0.1) is 10.2 Å². The number of ether oxygens (including phenoxy) is 3. The van der Waals surface area contributed by atoms with E-state index in [0.29, 0.717) is 36.7 Å². The van der Waals surface area contributed by atoms with E-state index in [9.17, 15) is 9.90 Å². The van der Waals surface area contributed by atoms with Gasteiger partial charge in [0.2, 0.25) is 5.88 Å². The van der Waals surface area contributed by atoms with Gasteiger partial charge in [-0.1, -0.05) is 42.5 Å². The van der Waals surface area contributed by atoms with Crippen LogP contribution in [0.15, 0.2) is 89.7 Å². The van der Waals surface area contributed by atoms with Crippen LogP contribution in [0.5, 0.6) is 17.4 Å². The van der Waals surface area contributed by atoms with Crippen molar-refractivity contribution in [1.29, 1.82) is 0 Å². The lowest BCUT2D eigenvalue weighted by Crippen LogP contribution is -2.59. The highest BCUT2D eigenvalue weighted by Gasteiger charge is 2.54. The fourth-order valence-corrected chi connectivity index (χ4v) is 4.97. The van der Waals surface area contributed by atoms with Gasteiger partial charge in [0, 0.05) is 29.8 Å². The molecule has 2 aromatic heterocycles. The number of aryl methyl sites for hydroxylation is 2. The van der Waals surface area contributed by atoms with Crippen molar-refractivity contribution in [3.05, 3.63) is 112 Å². The highest BCUT2D eigenvalue weighted by Crippen LogP contribution is 2.48. The van der Waals surface area contributed by atoms with Crippen LogP contribution in [0.2, 0.25) is 0 Å². The number of nitrogens with zero attached hydrogens (tertiary/aromatic N) is 5. The molecule has 0 spiro atoms. The van der Waals surface area contributed by atoms with Crippen molar-refractivity contribution in [3.63, 3.8) is 0 Å². The van der Waals surface area contributed by atoms with Gasteiger partial charge in [0.15, 0.2) is 11.9 Å². The Kier molecular flexibility index (Phi) is 7.41. The molecule has 3 heterocycles. The highest BCUT2D eigenvalue weighted by molar-refractivity contribution is 5.60. The van der Waals surface area contributed by atoms with Crippen molar-refractivity contribution in [2.75, 3.05) is 0 Å². The second-order valence-electron chi connectivity index (χ2n) is 11.2. The van der Waals surface area contributed by atoms with E-state index in [2.05, 4.69) is 25.7 Å². The summed E-state index contributed by atoms with van der Waals surface area (Å²) in [6.07, 6.45) is -0.158. The van der Waals surface area contributed by atoms with Gasteiger partial charge in [-0.05, 0) is 79.1 Å². The molecule has 220 valence electrons. The minimum absolute atomic E-state index is 0.167. The van der Waals surface area contributed by atoms with Gasteiger partial charge in [0.1, 0.15) is 29.3 Å². The van der Waals surface area contributed by atoms with Crippen LogP contribution in [0.25, 0.3) is 11.4 Å². The van der Waals surface area contributed by atoms with Crippen LogP contribution in [0, 0.1) is 0 Å². The van der Waals surface area contributed by atoms with E-state index in [4.69, 9.17) is 14.2 Å². The fraction of sp³-hybridized carbons (Fsp3) is 0.281. The summed E-state index contributed by atoms with van der Waals surface area (Å²) in [4.78, 5) is 11.5. The monoisotopic (exact) mass is 580 g/mol. The molecule has 6 rings (SSSR count). The van der Waals surface area contributed by atoms with Gasteiger partial charge in [-0.2, -0.15) is 0 Å². The van der Waals surface area contributed by atoms with Gasteiger partial charge in [-0.25, -0.2) is 9.78 Å². The Labute approximate surface area is 248 Å². The molecule has 5 aromatic rings. The van der Waals surface area contributed by atoms with Crippen LogP contribution in [-0.2, 0) is 19.6 Å². The zero-order chi connectivity index (χ0) is 30.0. The van der Waals surface area contributed by atoms with Gasteiger partial charge >= 0.3 is 0 Å². The Hall–Kier alpha value is -5.03. The molecular formula is C32H32N6O5. The zero-order valence-corrected chi connectivity index (χ0v) is 24.1. The summed E-state index contributed by atoms with van der Waals surface area (Å²) in [6.45, 7) is 6.30. The number of benzene rings is 3. The smallest absolute Gasteiger partial charge is 0.264 e. The number of hydrogen-bond acceptors (Lipinski definition) is 9. The van der Waals surface area contributed by atoms with E-state index in [1.807, 2.05) is 72.8 Å². The topological polar surface area (TPSA) is 137 Å². The van der Waals surface area contributed by atoms with Crippen molar-refractivity contribution >= 4 is 0 Å². The number of aromatic nitrogens is 6. The summed E-state index contributed by atoms with van der Waals surface area (Å²) < 4.78 is 20.0. The van der Waals surface area contributed by atoms with E-state index in [1.165, 1.54) is 12.1 Å². The number of hydrogen-bond donors (Lipinski definition) is 2. The molecule has 2 N–H and O–H groups in total. The maximum absolute atomic E-state index is 11.6. The first-order chi connectivity index (χ1) is 20.7. The van der Waals surface area contributed by atoms with Crippen LogP contribution < -0.4 is 19.8 Å². The Morgan fingerprint density at radius 3 is 2.51 bits per heavy atom. The molecule has 43 heavy (non-hydrogen) atoms. The minimum Gasteiger partial charge on any atom is -0.489 e. The third-order valence-electron chi connectivity index (χ3n) is 7.85. The summed E-state index contributed by atoms with van der Waals surface area (Å²) in [7, 11) is 0. The molecule has 1 aliphatic rings. The zero-order valence-electron chi connectivity index (χ0n) is 24.1. The van der Waals surface area contributed by atoms with E-state index >= 15 is 0 Å². The Bertz CT molecular complexity index is 1750. The molecule has 11 heteroatoms. The first-order valence-electron chi connectivity index (χ1n) is 14.0. The molecule has 0 aliphatic carbocycles. The van der Waals surface area contributed by atoms with Gasteiger partial charge in [0.25, 0.3) is 5.56 Å². The second kappa shape index (κ2) is 11.3. The molecule has 11 nitrogen and oxygen atoms in total. The molecule has 0 saturated heterocycles. The van der Waals surface area contributed by atoms with Crippen LogP contribution in [0.3, 0.4) is 0 Å². The number of fused-ring (bicyclic) bond motifs is 1. The van der Waals surface area contributed by atoms with Crippen LogP contribution in [0.4, 0.5) is 0 Å². The summed E-state index contributed by atoms with van der Waals surface area (Å²) in [5.74, 6) is 2.10. The largest absolute Gasteiger partial charge is 0.489 e. The summed E-state index contributed by atoms with van der Waals surface area (Å²) in [6, 6.07) is 26.4. The molecule has 0 fully saturated rings. The molecule has 1 aliphatic heterocycles. The predicted octanol–water partition coefficient (Wildman–Crippen LogP) is 4.29. The standard InChI is InChI=1S/C32H32N6O5/c1-31(2)32(3,40)29(42-28-16-15-27(39)33-34-28)25-19-23(11-14-26(25)43-31)30-35-36-37-38(30)18-17-21-9-12-24(13-10-21)41-20-22-7-5-4-6-8-22/h4-16,19,29,40H,17-18,20H2,1-3H3,(H,33,39)/t29-,32+/m0/s1. The quantitative estimate of drug-likeness (QED) is 0.262. The predicted molar refractivity (Wildman–Crippen MR) is 158 cm³/mol. The SMILES string of the molecule is CC1(C)Oc2ccc(-c3nnnn3CCc3ccc(OCc4ccccc4)cc3)cc2[C@H](Oc2ccc(=O)[nH]n2)[C@@]1(C)O. The van der Waals surface area contributed by atoms with Crippen LogP contribution in [0.1, 0.15) is 43.6 Å². The average molecular weight is 581 g/mol. The lowest BCUT2D eigenvalue weighted by molar-refractivity contribution is -0.175. The van der Waals surface area contributed by atoms with Gasteiger partial charge in [-0.3, -0.25) is 4.79 Å². The van der Waals surface area contributed by atoms with Gasteiger partial charge < -0.3 is 19.3 Å². The van der Waals surface area contributed by atoms with E-state index in [0.717, 1.165) is 22.4 Å². The molecule has 0 amide bonds. The van der Waals surface area contributed by atoms with E-state index in [-0.39, 0.29) is 11.4 Å². The number of tetrazole rings is 1. The van der Waals surface area contributed by atoms with Crippen molar-refractivity contribution in [2.45, 2.75) is 57.6 Å². The number of nitrogens with one attached hydrogen (secondary N) is 1. The second-order valence-corrected chi connectivity index (χ2v) is 11.2. The molecule has 3 aromatic carbocycles. The van der Waals surface area contributed by atoms with Crippen molar-refractivity contribution in [1.82, 2.24) is 30.4 Å². The van der Waals surface area contributed by atoms with Crippen molar-refractivity contribution in [3.8, 4) is 28.8 Å². The van der Waals surface area contributed by atoms with Crippen molar-refractivity contribution < 1.29 is 19.3 Å². The summed E-state index contributed by atoms with van der Waals surface area (Å²) in [5, 5.41) is 30.4. The average Bonchev–Trinajstić information content (AvgIpc) is 3.48.